The SMILES string of the molecule is O=C(c1cc(NCc2ccc(C(F)(F)F)cc2)nc2ccc(-c3cncnc3)cc12)N1CCC[C@H]1CN1CCCC1. The number of pyridine rings is 1. The molecule has 2 fully saturated rings. The molecule has 0 unspecified atom stereocenters. The molecule has 10 heteroatoms. The van der Waals surface area contributed by atoms with Gasteiger partial charge in [0.1, 0.15) is 12.1 Å². The van der Waals surface area contributed by atoms with Crippen LogP contribution in [0.25, 0.3) is 22.0 Å². The lowest BCUT2D eigenvalue weighted by molar-refractivity contribution is -0.137. The summed E-state index contributed by atoms with van der Waals surface area (Å²) in [6, 6.07) is 12.7. The third-order valence-electron chi connectivity index (χ3n) is 7.99. The minimum Gasteiger partial charge on any atom is -0.366 e. The van der Waals surface area contributed by atoms with Crippen molar-refractivity contribution < 1.29 is 18.0 Å². The maximum Gasteiger partial charge on any atom is 0.416 e. The van der Waals surface area contributed by atoms with Crippen LogP contribution in [-0.4, -0.2) is 62.9 Å². The van der Waals surface area contributed by atoms with Crippen LogP contribution in [0.1, 0.15) is 47.2 Å². The fourth-order valence-electron chi connectivity index (χ4n) is 5.84. The number of halogens is 3. The molecule has 2 aromatic carbocycles. The van der Waals surface area contributed by atoms with Gasteiger partial charge in [-0.25, -0.2) is 15.0 Å². The van der Waals surface area contributed by atoms with Crippen molar-refractivity contribution in [1.29, 1.82) is 0 Å². The number of nitrogens with one attached hydrogen (secondary N) is 1. The lowest BCUT2D eigenvalue weighted by atomic mass is 10.0. The van der Waals surface area contributed by atoms with Crippen molar-refractivity contribution in [2.75, 3.05) is 31.5 Å². The van der Waals surface area contributed by atoms with Crippen molar-refractivity contribution in [3.63, 3.8) is 0 Å². The van der Waals surface area contributed by atoms with Crippen molar-refractivity contribution >= 4 is 22.6 Å². The number of anilines is 1. The van der Waals surface area contributed by atoms with Crippen molar-refractivity contribution in [2.45, 2.75) is 44.4 Å². The zero-order valence-corrected chi connectivity index (χ0v) is 22.6. The lowest BCUT2D eigenvalue weighted by Crippen LogP contribution is -2.42. The van der Waals surface area contributed by atoms with Crippen LogP contribution in [0.15, 0.2) is 67.3 Å². The molecule has 1 amide bonds. The number of rotatable bonds is 7. The van der Waals surface area contributed by atoms with E-state index in [4.69, 9.17) is 4.98 Å². The van der Waals surface area contributed by atoms with E-state index in [-0.39, 0.29) is 18.5 Å². The van der Waals surface area contributed by atoms with Gasteiger partial charge in [0, 0.05) is 49.0 Å². The van der Waals surface area contributed by atoms with Crippen molar-refractivity contribution in [3.8, 4) is 11.1 Å². The Kier molecular flexibility index (Phi) is 7.57. The summed E-state index contributed by atoms with van der Waals surface area (Å²) in [5.74, 6) is 0.463. The summed E-state index contributed by atoms with van der Waals surface area (Å²) in [7, 11) is 0. The van der Waals surface area contributed by atoms with Gasteiger partial charge in [-0.1, -0.05) is 18.2 Å². The van der Waals surface area contributed by atoms with Gasteiger partial charge in [0.2, 0.25) is 0 Å². The van der Waals surface area contributed by atoms with Crippen LogP contribution in [0.2, 0.25) is 0 Å². The number of benzene rings is 2. The molecular weight excluding hydrogens is 529 g/mol. The number of aromatic nitrogens is 3. The van der Waals surface area contributed by atoms with Gasteiger partial charge in [-0.05, 0) is 80.2 Å². The Bertz CT molecular complexity index is 1520. The summed E-state index contributed by atoms with van der Waals surface area (Å²) in [6.45, 7) is 4.03. The number of amides is 1. The van der Waals surface area contributed by atoms with Crippen LogP contribution >= 0.6 is 0 Å². The monoisotopic (exact) mass is 560 g/mol. The van der Waals surface area contributed by atoms with Gasteiger partial charge in [0.15, 0.2) is 0 Å². The third-order valence-corrected chi connectivity index (χ3v) is 7.99. The summed E-state index contributed by atoms with van der Waals surface area (Å²) in [5.41, 5.74) is 2.92. The van der Waals surface area contributed by atoms with Gasteiger partial charge in [0.25, 0.3) is 5.91 Å². The molecule has 4 heterocycles. The van der Waals surface area contributed by atoms with Crippen molar-refractivity contribution in [1.82, 2.24) is 24.8 Å². The second-order valence-corrected chi connectivity index (χ2v) is 10.8. The minimum absolute atomic E-state index is 0.0295. The first-order valence-electron chi connectivity index (χ1n) is 14.0. The quantitative estimate of drug-likeness (QED) is 0.298. The first-order valence-corrected chi connectivity index (χ1v) is 14.0. The van der Waals surface area contributed by atoms with E-state index in [0.717, 1.165) is 61.1 Å². The topological polar surface area (TPSA) is 74.2 Å². The number of alkyl halides is 3. The number of fused-ring (bicyclic) bond motifs is 1. The molecule has 2 aliphatic rings. The molecule has 0 radical (unpaired) electrons. The molecular formula is C31H31F3N6O. The van der Waals surface area contributed by atoms with E-state index in [9.17, 15) is 18.0 Å². The summed E-state index contributed by atoms with van der Waals surface area (Å²) in [5, 5.41) is 3.96. The smallest absolute Gasteiger partial charge is 0.366 e. The molecule has 0 aliphatic carbocycles. The fourth-order valence-corrected chi connectivity index (χ4v) is 5.84. The van der Waals surface area contributed by atoms with Crippen LogP contribution in [0.4, 0.5) is 19.0 Å². The van der Waals surface area contributed by atoms with Gasteiger partial charge in [-0.2, -0.15) is 13.2 Å². The highest BCUT2D eigenvalue weighted by Gasteiger charge is 2.33. The Morgan fingerprint density at radius 1 is 0.927 bits per heavy atom. The molecule has 1 N–H and O–H groups in total. The minimum atomic E-state index is -4.38. The molecule has 1 atom stereocenters. The number of hydrogen-bond donors (Lipinski definition) is 1. The highest BCUT2D eigenvalue weighted by molar-refractivity contribution is 6.08. The van der Waals surface area contributed by atoms with Gasteiger partial charge < -0.3 is 15.1 Å². The molecule has 2 aliphatic heterocycles. The Morgan fingerprint density at radius 3 is 2.41 bits per heavy atom. The van der Waals surface area contributed by atoms with E-state index in [2.05, 4.69) is 20.2 Å². The van der Waals surface area contributed by atoms with Crippen LogP contribution in [0.3, 0.4) is 0 Å². The first-order chi connectivity index (χ1) is 19.8. The highest BCUT2D eigenvalue weighted by Crippen LogP contribution is 2.31. The average Bonchev–Trinajstić information content (AvgIpc) is 3.68. The molecule has 0 spiro atoms. The summed E-state index contributed by atoms with van der Waals surface area (Å²) >= 11 is 0. The van der Waals surface area contributed by atoms with Gasteiger partial charge in [0.05, 0.1) is 16.6 Å². The second kappa shape index (κ2) is 11.4. The van der Waals surface area contributed by atoms with Gasteiger partial charge in [-0.15, -0.1) is 0 Å². The molecule has 0 bridgehead atoms. The molecule has 212 valence electrons. The number of hydrogen-bond acceptors (Lipinski definition) is 6. The predicted molar refractivity (Wildman–Crippen MR) is 151 cm³/mol. The van der Waals surface area contributed by atoms with Crippen molar-refractivity contribution in [3.05, 3.63) is 83.9 Å². The maximum atomic E-state index is 14.2. The molecule has 2 saturated heterocycles. The van der Waals surface area contributed by atoms with Gasteiger partial charge in [-0.3, -0.25) is 4.79 Å². The zero-order chi connectivity index (χ0) is 28.4. The Morgan fingerprint density at radius 2 is 1.68 bits per heavy atom. The summed E-state index contributed by atoms with van der Waals surface area (Å²) in [6.07, 6.45) is 4.92. The number of likely N-dealkylation sites (tertiary alicyclic amines) is 2. The molecule has 4 aromatic rings. The summed E-state index contributed by atoms with van der Waals surface area (Å²) in [4.78, 5) is 31.6. The Labute approximate surface area is 236 Å². The third kappa shape index (κ3) is 6.02. The normalized spacial score (nSPS) is 17.8. The summed E-state index contributed by atoms with van der Waals surface area (Å²) < 4.78 is 38.9. The van der Waals surface area contributed by atoms with Crippen LogP contribution in [0, 0.1) is 0 Å². The number of nitrogens with zero attached hydrogens (tertiary/aromatic N) is 5. The highest BCUT2D eigenvalue weighted by atomic mass is 19.4. The van der Waals surface area contributed by atoms with E-state index in [0.29, 0.717) is 29.0 Å². The lowest BCUT2D eigenvalue weighted by Gasteiger charge is -2.29. The average molecular weight is 561 g/mol. The predicted octanol–water partition coefficient (Wildman–Crippen LogP) is 6.02. The zero-order valence-electron chi connectivity index (χ0n) is 22.6. The fraction of sp³-hybridized carbons (Fsp3) is 0.355. The van der Waals surface area contributed by atoms with Crippen LogP contribution < -0.4 is 5.32 Å². The number of carbonyl (C=O) groups excluding carboxylic acids is 1. The Hall–Kier alpha value is -4.05. The van der Waals surface area contributed by atoms with Crippen LogP contribution in [0.5, 0.6) is 0 Å². The number of carbonyl (C=O) groups is 1. The molecule has 41 heavy (non-hydrogen) atoms. The van der Waals surface area contributed by atoms with E-state index in [1.807, 2.05) is 23.1 Å². The molecule has 2 aromatic heterocycles. The standard InChI is InChI=1S/C31H31F3N6O/c32-31(33,34)24-8-5-21(6-9-24)16-37-29-15-27(30(41)40-13-3-4-25(40)19-39-11-1-2-12-39)26-14-22(7-10-28(26)38-29)23-17-35-20-36-18-23/h5-10,14-15,17-18,20,25H,1-4,11-13,16,19H2,(H,37,38)/t25-/m0/s1. The van der Waals surface area contributed by atoms with E-state index < -0.39 is 11.7 Å². The van der Waals surface area contributed by atoms with Crippen LogP contribution in [-0.2, 0) is 12.7 Å². The van der Waals surface area contributed by atoms with Gasteiger partial charge >= 0.3 is 6.18 Å². The maximum absolute atomic E-state index is 14.2. The van der Waals surface area contributed by atoms with E-state index in [1.54, 1.807) is 18.5 Å². The van der Waals surface area contributed by atoms with Crippen molar-refractivity contribution in [2.24, 2.45) is 0 Å². The molecule has 0 saturated carbocycles. The Balaban J connectivity index is 1.32. The second-order valence-electron chi connectivity index (χ2n) is 10.8. The largest absolute Gasteiger partial charge is 0.416 e. The van der Waals surface area contributed by atoms with E-state index in [1.165, 1.54) is 31.3 Å². The van der Waals surface area contributed by atoms with E-state index >= 15 is 0 Å². The molecule has 7 nitrogen and oxygen atoms in total. The molecule has 6 rings (SSSR count). The first kappa shape index (κ1) is 27.1.